The van der Waals surface area contributed by atoms with Crippen molar-refractivity contribution < 1.29 is 23.9 Å². The summed E-state index contributed by atoms with van der Waals surface area (Å²) in [6.07, 6.45) is 2.99. The molecule has 1 saturated carbocycles. The maximum Gasteiger partial charge on any atom is 0.338 e. The van der Waals surface area contributed by atoms with Crippen LogP contribution in [0.2, 0.25) is 10.0 Å². The maximum atomic E-state index is 13.0. The van der Waals surface area contributed by atoms with E-state index in [2.05, 4.69) is 11.4 Å². The van der Waals surface area contributed by atoms with E-state index in [-0.39, 0.29) is 46.1 Å². The number of ether oxygens (including phenoxy) is 1. The van der Waals surface area contributed by atoms with Crippen LogP contribution in [0.25, 0.3) is 0 Å². The van der Waals surface area contributed by atoms with Gasteiger partial charge in [-0.05, 0) is 67.6 Å². The van der Waals surface area contributed by atoms with Gasteiger partial charge in [-0.25, -0.2) is 4.79 Å². The second-order valence-electron chi connectivity index (χ2n) is 8.78. The number of halogens is 2. The molecule has 1 heterocycles. The second kappa shape index (κ2) is 8.56. The van der Waals surface area contributed by atoms with E-state index in [1.807, 2.05) is 6.92 Å². The standard InChI is InChI=1S/C25H20Cl2N2O5/c1-12-8-14-9-17(12)22-21(14)23(31)29(24(22)32)16-5-2-13(3-6-16)25(33)34-11-20(30)28-15-4-7-18(26)19(27)10-15/h2-8,10,14,17,21-22H,9,11H2,1H3,(H,28,30)/t14-,17+,21+,22-/m0/s1. The van der Waals surface area contributed by atoms with Gasteiger partial charge in [-0.2, -0.15) is 0 Å². The molecule has 1 saturated heterocycles. The van der Waals surface area contributed by atoms with Crippen molar-refractivity contribution in [3.05, 3.63) is 69.7 Å². The van der Waals surface area contributed by atoms with Crippen LogP contribution in [-0.4, -0.2) is 30.3 Å². The fraction of sp³-hybridized carbons (Fsp3) is 0.280. The summed E-state index contributed by atoms with van der Waals surface area (Å²) in [5.74, 6) is -1.92. The van der Waals surface area contributed by atoms with Gasteiger partial charge in [0.05, 0.1) is 33.1 Å². The Labute approximate surface area is 205 Å². The molecule has 2 aliphatic carbocycles. The Balaban J connectivity index is 1.20. The summed E-state index contributed by atoms with van der Waals surface area (Å²) in [5, 5.41) is 3.20. The number of nitrogens with one attached hydrogen (secondary N) is 1. The number of amides is 3. The third kappa shape index (κ3) is 3.79. The van der Waals surface area contributed by atoms with Crippen LogP contribution in [0.4, 0.5) is 11.4 Å². The molecule has 0 unspecified atom stereocenters. The highest BCUT2D eigenvalue weighted by Crippen LogP contribution is 2.55. The molecule has 9 heteroatoms. The zero-order valence-electron chi connectivity index (χ0n) is 18.1. The molecule has 1 N–H and O–H groups in total. The van der Waals surface area contributed by atoms with Crippen molar-refractivity contribution in [2.24, 2.45) is 23.7 Å². The van der Waals surface area contributed by atoms with E-state index in [0.717, 1.165) is 6.42 Å². The lowest BCUT2D eigenvalue weighted by atomic mass is 9.82. The Kier molecular flexibility index (Phi) is 5.70. The van der Waals surface area contributed by atoms with Crippen LogP contribution in [0.3, 0.4) is 0 Å². The van der Waals surface area contributed by atoms with Gasteiger partial charge in [-0.1, -0.05) is 34.9 Å². The molecule has 2 aromatic carbocycles. The Hall–Kier alpha value is -3.16. The normalized spacial score (nSPS) is 24.8. The van der Waals surface area contributed by atoms with Gasteiger partial charge in [0.25, 0.3) is 5.91 Å². The van der Waals surface area contributed by atoms with Crippen molar-refractivity contribution in [2.45, 2.75) is 13.3 Å². The van der Waals surface area contributed by atoms with Crippen molar-refractivity contribution in [1.29, 1.82) is 0 Å². The van der Waals surface area contributed by atoms with Gasteiger partial charge in [0, 0.05) is 5.69 Å². The first-order chi connectivity index (χ1) is 16.2. The number of imide groups is 1. The molecular weight excluding hydrogens is 479 g/mol. The largest absolute Gasteiger partial charge is 0.452 e. The van der Waals surface area contributed by atoms with Gasteiger partial charge in [-0.15, -0.1) is 0 Å². The first kappa shape index (κ1) is 22.6. The number of anilines is 2. The molecular formula is C25H20Cl2N2O5. The molecule has 5 rings (SSSR count). The molecule has 0 radical (unpaired) electrons. The fourth-order valence-electron chi connectivity index (χ4n) is 5.26. The number of esters is 1. The minimum absolute atomic E-state index is 0.126. The maximum absolute atomic E-state index is 13.0. The zero-order valence-corrected chi connectivity index (χ0v) is 19.6. The van der Waals surface area contributed by atoms with Gasteiger partial charge < -0.3 is 10.1 Å². The molecule has 1 aliphatic heterocycles. The van der Waals surface area contributed by atoms with Gasteiger partial charge >= 0.3 is 5.97 Å². The zero-order chi connectivity index (χ0) is 24.1. The van der Waals surface area contributed by atoms with Crippen molar-refractivity contribution in [2.75, 3.05) is 16.8 Å². The molecule has 3 aliphatic rings. The monoisotopic (exact) mass is 498 g/mol. The molecule has 0 aromatic heterocycles. The predicted molar refractivity (Wildman–Crippen MR) is 127 cm³/mol. The Morgan fingerprint density at radius 1 is 1.03 bits per heavy atom. The summed E-state index contributed by atoms with van der Waals surface area (Å²) in [6, 6.07) is 10.6. The van der Waals surface area contributed by atoms with Gasteiger partial charge in [0.2, 0.25) is 11.8 Å². The van der Waals surface area contributed by atoms with Gasteiger partial charge in [-0.3, -0.25) is 19.3 Å². The number of fused-ring (bicyclic) bond motifs is 5. The van der Waals surface area contributed by atoms with E-state index in [0.29, 0.717) is 16.4 Å². The minimum Gasteiger partial charge on any atom is -0.452 e. The summed E-state index contributed by atoms with van der Waals surface area (Å²) in [5.41, 5.74) is 2.23. The van der Waals surface area contributed by atoms with E-state index >= 15 is 0 Å². The average Bonchev–Trinajstić information content (AvgIpc) is 3.45. The van der Waals surface area contributed by atoms with Crippen LogP contribution in [0.1, 0.15) is 23.7 Å². The highest BCUT2D eigenvalue weighted by Gasteiger charge is 2.60. The Morgan fingerprint density at radius 2 is 1.74 bits per heavy atom. The number of nitrogens with zero attached hydrogens (tertiary/aromatic N) is 1. The topological polar surface area (TPSA) is 92.8 Å². The van der Waals surface area contributed by atoms with Crippen LogP contribution in [0.5, 0.6) is 0 Å². The van der Waals surface area contributed by atoms with Crippen LogP contribution in [0.15, 0.2) is 54.1 Å². The van der Waals surface area contributed by atoms with E-state index in [1.54, 1.807) is 24.3 Å². The number of carbonyl (C=O) groups excluding carboxylic acids is 4. The lowest BCUT2D eigenvalue weighted by Gasteiger charge is -2.19. The molecule has 3 amide bonds. The summed E-state index contributed by atoms with van der Waals surface area (Å²) in [6.45, 7) is 1.52. The summed E-state index contributed by atoms with van der Waals surface area (Å²) >= 11 is 11.8. The van der Waals surface area contributed by atoms with Crippen molar-refractivity contribution in [3.8, 4) is 0 Å². The number of carbonyl (C=O) groups is 4. The lowest BCUT2D eigenvalue weighted by Crippen LogP contribution is -2.33. The first-order valence-corrected chi connectivity index (χ1v) is 11.6. The van der Waals surface area contributed by atoms with Crippen molar-refractivity contribution in [1.82, 2.24) is 0 Å². The molecule has 4 atom stereocenters. The third-order valence-corrected chi connectivity index (χ3v) is 7.52. The SMILES string of the molecule is CC1=C[C@H]2C[C@H]1[C@@H]1C(=O)N(c3ccc(C(=O)OCC(=O)Nc4ccc(Cl)c(Cl)c4)cc3)C(=O)[C@@H]12. The van der Waals surface area contributed by atoms with E-state index in [9.17, 15) is 19.2 Å². The summed E-state index contributed by atoms with van der Waals surface area (Å²) < 4.78 is 5.07. The van der Waals surface area contributed by atoms with Crippen LogP contribution >= 0.6 is 23.2 Å². The third-order valence-electron chi connectivity index (χ3n) is 6.78. The number of hydrogen-bond donors (Lipinski definition) is 1. The molecule has 2 bridgehead atoms. The molecule has 174 valence electrons. The molecule has 2 fully saturated rings. The number of hydrogen-bond acceptors (Lipinski definition) is 5. The van der Waals surface area contributed by atoms with Crippen molar-refractivity contribution in [3.63, 3.8) is 0 Å². The molecule has 34 heavy (non-hydrogen) atoms. The van der Waals surface area contributed by atoms with Gasteiger partial charge in [0.1, 0.15) is 0 Å². The lowest BCUT2D eigenvalue weighted by molar-refractivity contribution is -0.123. The summed E-state index contributed by atoms with van der Waals surface area (Å²) in [7, 11) is 0. The van der Waals surface area contributed by atoms with E-state index in [4.69, 9.17) is 27.9 Å². The van der Waals surface area contributed by atoms with Crippen molar-refractivity contribution >= 4 is 58.3 Å². The summed E-state index contributed by atoms with van der Waals surface area (Å²) in [4.78, 5) is 51.7. The average molecular weight is 499 g/mol. The highest BCUT2D eigenvalue weighted by molar-refractivity contribution is 6.42. The molecule has 7 nitrogen and oxygen atoms in total. The van der Waals surface area contributed by atoms with Crippen LogP contribution in [0, 0.1) is 23.7 Å². The van der Waals surface area contributed by atoms with E-state index < -0.39 is 18.5 Å². The van der Waals surface area contributed by atoms with Crippen LogP contribution in [-0.2, 0) is 19.1 Å². The van der Waals surface area contributed by atoms with Crippen LogP contribution < -0.4 is 10.2 Å². The predicted octanol–water partition coefficient (Wildman–Crippen LogP) is 4.49. The first-order valence-electron chi connectivity index (χ1n) is 10.8. The number of rotatable bonds is 5. The Morgan fingerprint density at radius 3 is 2.44 bits per heavy atom. The fourth-order valence-corrected chi connectivity index (χ4v) is 5.56. The quantitative estimate of drug-likeness (QED) is 0.372. The number of benzene rings is 2. The second-order valence-corrected chi connectivity index (χ2v) is 9.59. The van der Waals surface area contributed by atoms with Gasteiger partial charge in [0.15, 0.2) is 6.61 Å². The Bertz CT molecular complexity index is 1260. The number of allylic oxidation sites excluding steroid dienone is 2. The highest BCUT2D eigenvalue weighted by atomic mass is 35.5. The molecule has 2 aromatic rings. The smallest absolute Gasteiger partial charge is 0.338 e. The minimum atomic E-state index is -0.704. The molecule has 0 spiro atoms. The van der Waals surface area contributed by atoms with E-state index in [1.165, 1.54) is 28.7 Å².